The van der Waals surface area contributed by atoms with Gasteiger partial charge in [-0.2, -0.15) is 0 Å². The van der Waals surface area contributed by atoms with Gasteiger partial charge in [0.05, 0.1) is 17.7 Å². The number of nitro groups is 1. The first-order chi connectivity index (χ1) is 27.6. The predicted octanol–water partition coefficient (Wildman–Crippen LogP) is 2.81. The predicted molar refractivity (Wildman–Crippen MR) is 191 cm³/mol. The average Bonchev–Trinajstić information content (AvgIpc) is 3.48. The molecule has 21 heteroatoms. The highest BCUT2D eigenvalue weighted by Gasteiger charge is 2.56. The Morgan fingerprint density at radius 2 is 1.45 bits per heavy atom. The largest absolute Gasteiger partial charge is 0.514 e. The van der Waals surface area contributed by atoms with E-state index in [2.05, 4.69) is 5.32 Å². The fraction of sp³-hybridized carbons (Fsp3) is 0.405. The van der Waals surface area contributed by atoms with Crippen molar-refractivity contribution in [2.75, 3.05) is 19.0 Å². The maximum atomic E-state index is 13.2. The third kappa shape index (κ3) is 12.3. The number of anilines is 1. The smallest absolute Gasteiger partial charge is 0.467 e. The number of hydrogen-bond donors (Lipinski definition) is 1. The number of nitrogens with zero attached hydrogens (tertiary/aromatic N) is 2. The summed E-state index contributed by atoms with van der Waals surface area (Å²) < 4.78 is 43.1. The Bertz CT molecular complexity index is 1930. The monoisotopic (exact) mass is 813 g/mol. The van der Waals surface area contributed by atoms with Crippen LogP contribution in [0.5, 0.6) is 11.5 Å². The van der Waals surface area contributed by atoms with Crippen LogP contribution in [0.15, 0.2) is 54.6 Å². The SMILES string of the molecule is COC(=O)[C@H]1O[C@@H](Oc2ccc(COC(=O)Oc3ccc([N+](=O)[O-])cc3)cc2NC(=O)CCCCCN2C(=O)C=CC2=O)[C@H](OC(C)=O)[C@@H](OC(C)=O)[C@@H]1OC(C)=O. The number of non-ortho nitro benzene ring substituents is 1. The van der Waals surface area contributed by atoms with Crippen molar-refractivity contribution in [1.82, 2.24) is 4.90 Å². The zero-order valence-corrected chi connectivity index (χ0v) is 31.6. The first-order valence-corrected chi connectivity index (χ1v) is 17.5. The summed E-state index contributed by atoms with van der Waals surface area (Å²) in [7, 11) is 1.02. The van der Waals surface area contributed by atoms with Gasteiger partial charge >= 0.3 is 30.0 Å². The van der Waals surface area contributed by atoms with Gasteiger partial charge in [0.15, 0.2) is 18.3 Å². The van der Waals surface area contributed by atoms with Crippen LogP contribution in [0.4, 0.5) is 16.2 Å². The molecule has 1 saturated heterocycles. The lowest BCUT2D eigenvalue weighted by molar-refractivity contribution is -0.384. The number of rotatable bonds is 17. The number of amides is 3. The molecule has 1 fully saturated rings. The minimum atomic E-state index is -1.77. The number of hydrogen-bond acceptors (Lipinski definition) is 18. The van der Waals surface area contributed by atoms with Crippen molar-refractivity contribution in [2.45, 2.75) is 83.8 Å². The van der Waals surface area contributed by atoms with E-state index < -0.39 is 90.0 Å². The molecule has 2 aromatic rings. The second-order valence-electron chi connectivity index (χ2n) is 12.5. The molecule has 3 amide bonds. The molecule has 0 spiro atoms. The van der Waals surface area contributed by atoms with E-state index in [0.29, 0.717) is 19.3 Å². The molecule has 2 aromatic carbocycles. The maximum absolute atomic E-state index is 13.2. The number of methoxy groups -OCH3 is 1. The van der Waals surface area contributed by atoms with E-state index in [1.165, 1.54) is 42.5 Å². The zero-order valence-electron chi connectivity index (χ0n) is 31.6. The molecule has 0 bridgehead atoms. The second kappa shape index (κ2) is 20.3. The molecule has 0 unspecified atom stereocenters. The first kappa shape index (κ1) is 43.8. The van der Waals surface area contributed by atoms with Crippen LogP contribution in [0.2, 0.25) is 0 Å². The summed E-state index contributed by atoms with van der Waals surface area (Å²) in [5.74, 6) is -5.36. The molecule has 2 heterocycles. The average molecular weight is 814 g/mol. The van der Waals surface area contributed by atoms with Crippen LogP contribution in [0, 0.1) is 10.1 Å². The van der Waals surface area contributed by atoms with Crippen molar-refractivity contribution >= 4 is 59.1 Å². The van der Waals surface area contributed by atoms with Crippen LogP contribution in [0.3, 0.4) is 0 Å². The first-order valence-electron chi connectivity index (χ1n) is 17.5. The van der Waals surface area contributed by atoms with Crippen LogP contribution in [0.1, 0.15) is 52.0 Å². The highest BCUT2D eigenvalue weighted by molar-refractivity contribution is 6.12. The normalized spacial score (nSPS) is 19.7. The molecule has 0 saturated carbocycles. The lowest BCUT2D eigenvalue weighted by atomic mass is 9.97. The maximum Gasteiger partial charge on any atom is 0.514 e. The minimum absolute atomic E-state index is 0.0364. The lowest BCUT2D eigenvalue weighted by Gasteiger charge is -2.43. The van der Waals surface area contributed by atoms with Gasteiger partial charge in [0.1, 0.15) is 18.1 Å². The Balaban J connectivity index is 1.57. The number of ether oxygens (including phenoxy) is 8. The number of carbonyl (C=O) groups is 8. The van der Waals surface area contributed by atoms with E-state index in [4.69, 9.17) is 37.9 Å². The molecule has 310 valence electrons. The third-order valence-corrected chi connectivity index (χ3v) is 8.19. The molecule has 21 nitrogen and oxygen atoms in total. The van der Waals surface area contributed by atoms with Crippen molar-refractivity contribution in [2.24, 2.45) is 0 Å². The van der Waals surface area contributed by atoms with Crippen molar-refractivity contribution in [3.63, 3.8) is 0 Å². The van der Waals surface area contributed by atoms with Crippen molar-refractivity contribution in [3.05, 3.63) is 70.3 Å². The summed E-state index contributed by atoms with van der Waals surface area (Å²) in [6.07, 6.45) is -6.17. The number of unbranched alkanes of at least 4 members (excludes halogenated alkanes) is 2. The Hall–Kier alpha value is -6.90. The molecule has 0 aliphatic carbocycles. The molecule has 2 aliphatic heterocycles. The number of nitro benzene ring substituents is 1. The van der Waals surface area contributed by atoms with Crippen LogP contribution < -0.4 is 14.8 Å². The van der Waals surface area contributed by atoms with Gasteiger partial charge in [0, 0.05) is 58.0 Å². The number of benzene rings is 2. The molecular formula is C37H39N3O18. The Kier molecular flexibility index (Phi) is 15.4. The zero-order chi connectivity index (χ0) is 42.5. The summed E-state index contributed by atoms with van der Waals surface area (Å²) in [5.41, 5.74) is 0.00755. The summed E-state index contributed by atoms with van der Waals surface area (Å²) in [4.78, 5) is 110. The number of imide groups is 1. The fourth-order valence-electron chi connectivity index (χ4n) is 5.67. The van der Waals surface area contributed by atoms with Crippen molar-refractivity contribution < 1.29 is 81.2 Å². The van der Waals surface area contributed by atoms with Gasteiger partial charge in [0.25, 0.3) is 17.5 Å². The minimum Gasteiger partial charge on any atom is -0.467 e. The van der Waals surface area contributed by atoms with Crippen LogP contribution in [-0.2, 0) is 68.6 Å². The van der Waals surface area contributed by atoms with Crippen LogP contribution in [0.25, 0.3) is 0 Å². The van der Waals surface area contributed by atoms with Crippen LogP contribution in [-0.4, -0.2) is 102 Å². The Labute approximate surface area is 329 Å². The van der Waals surface area contributed by atoms with E-state index in [1.807, 2.05) is 0 Å². The molecule has 1 N–H and O–H groups in total. The van der Waals surface area contributed by atoms with Crippen LogP contribution >= 0.6 is 0 Å². The highest BCUT2D eigenvalue weighted by Crippen LogP contribution is 2.34. The van der Waals surface area contributed by atoms with E-state index in [-0.39, 0.29) is 41.4 Å². The quantitative estimate of drug-likeness (QED) is 0.0457. The van der Waals surface area contributed by atoms with E-state index >= 15 is 0 Å². The Morgan fingerprint density at radius 1 is 0.828 bits per heavy atom. The number of nitrogens with one attached hydrogen (secondary N) is 1. The summed E-state index contributed by atoms with van der Waals surface area (Å²) in [6.45, 7) is 2.82. The third-order valence-electron chi connectivity index (χ3n) is 8.19. The molecule has 58 heavy (non-hydrogen) atoms. The molecule has 0 radical (unpaired) electrons. The van der Waals surface area contributed by atoms with Gasteiger partial charge in [-0.3, -0.25) is 43.8 Å². The van der Waals surface area contributed by atoms with Gasteiger partial charge in [-0.25, -0.2) is 9.59 Å². The molecule has 2 aliphatic rings. The van der Waals surface area contributed by atoms with Crippen molar-refractivity contribution in [3.8, 4) is 11.5 Å². The van der Waals surface area contributed by atoms with Gasteiger partial charge in [-0.05, 0) is 42.7 Å². The second-order valence-corrected chi connectivity index (χ2v) is 12.5. The summed E-state index contributed by atoms with van der Waals surface area (Å²) in [6, 6.07) is 8.73. The summed E-state index contributed by atoms with van der Waals surface area (Å²) in [5, 5.41) is 13.6. The van der Waals surface area contributed by atoms with Gasteiger partial charge < -0.3 is 43.2 Å². The standard InChI is InChI=1S/C37H39N3O18/c1-20(41)53-31-32(54-21(2)42)34(55-22(3)43)36(58-33(31)35(47)51-4)57-27-14-9-23(19-52-37(48)56-25-12-10-24(11-13-25)40(49)50)18-26(27)38-28(44)8-6-5-7-17-39-29(45)15-16-30(39)46/h9-16,18,31-34,36H,5-8,17,19H2,1-4H3,(H,38,44)/t31-,32-,33-,34+,36+/m0/s1. The number of carbonyl (C=O) groups excluding carboxylic acids is 8. The van der Waals surface area contributed by atoms with E-state index in [1.54, 1.807) is 0 Å². The molecule has 0 aromatic heterocycles. The Morgan fingerprint density at radius 3 is 2.05 bits per heavy atom. The highest BCUT2D eigenvalue weighted by atomic mass is 16.7. The van der Waals surface area contributed by atoms with Gasteiger partial charge in [-0.1, -0.05) is 12.5 Å². The molecule has 4 rings (SSSR count). The molecule has 5 atom stereocenters. The fourth-order valence-corrected chi connectivity index (χ4v) is 5.67. The molecular weight excluding hydrogens is 774 g/mol. The van der Waals surface area contributed by atoms with Gasteiger partial charge in [-0.15, -0.1) is 0 Å². The van der Waals surface area contributed by atoms with E-state index in [0.717, 1.165) is 44.9 Å². The van der Waals surface area contributed by atoms with E-state index in [9.17, 15) is 48.5 Å². The topological polar surface area (TPSA) is 269 Å². The number of esters is 4. The van der Waals surface area contributed by atoms with Crippen molar-refractivity contribution in [1.29, 1.82) is 0 Å². The lowest BCUT2D eigenvalue weighted by Crippen LogP contribution is -2.64. The van der Waals surface area contributed by atoms with Gasteiger partial charge in [0.2, 0.25) is 18.3 Å². The summed E-state index contributed by atoms with van der Waals surface area (Å²) >= 11 is 0.